The molecule has 0 radical (unpaired) electrons. The molecule has 4 nitrogen and oxygen atoms in total. The van der Waals surface area contributed by atoms with Crippen LogP contribution in [-0.4, -0.2) is 19.6 Å². The molecule has 0 unspecified atom stereocenters. The van der Waals surface area contributed by atoms with Crippen LogP contribution < -0.4 is 10.6 Å². The molecule has 0 saturated carbocycles. The highest BCUT2D eigenvalue weighted by atomic mass is 127. The summed E-state index contributed by atoms with van der Waals surface area (Å²) in [6.07, 6.45) is 5.23. The molecular weight excluding hydrogens is 365 g/mol. The van der Waals surface area contributed by atoms with Gasteiger partial charge in [0.1, 0.15) is 5.76 Å². The molecule has 0 aromatic carbocycles. The van der Waals surface area contributed by atoms with Crippen molar-refractivity contribution in [3.8, 4) is 0 Å². The van der Waals surface area contributed by atoms with E-state index in [9.17, 15) is 0 Å². The molecule has 5 heteroatoms. The maximum atomic E-state index is 5.29. The fourth-order valence-electron chi connectivity index (χ4n) is 2.20. The topological polar surface area (TPSA) is 49.6 Å². The monoisotopic (exact) mass is 393 g/mol. The Morgan fingerprint density at radius 1 is 1.20 bits per heavy atom. The molecule has 1 aromatic heterocycles. The molecule has 0 spiro atoms. The van der Waals surface area contributed by atoms with Gasteiger partial charge in [-0.25, -0.2) is 0 Å². The Kier molecular flexibility index (Phi) is 9.71. The van der Waals surface area contributed by atoms with Crippen LogP contribution in [0.25, 0.3) is 0 Å². The average molecular weight is 393 g/mol. The smallest absolute Gasteiger partial charge is 0.191 e. The third-order valence-corrected chi connectivity index (χ3v) is 4.11. The summed E-state index contributed by atoms with van der Waals surface area (Å²) in [6, 6.07) is 3.85. The fraction of sp³-hybridized carbons (Fsp3) is 0.667. The quantitative estimate of drug-likeness (QED) is 0.421. The zero-order valence-electron chi connectivity index (χ0n) is 13.0. The Morgan fingerprint density at radius 3 is 2.30 bits per heavy atom. The lowest BCUT2D eigenvalue weighted by Crippen LogP contribution is -2.43. The van der Waals surface area contributed by atoms with Crippen molar-refractivity contribution in [2.45, 2.75) is 46.6 Å². The number of rotatable bonds is 7. The average Bonchev–Trinajstić information content (AvgIpc) is 2.97. The molecule has 0 aliphatic carbocycles. The molecule has 0 aliphatic heterocycles. The number of hydrogen-bond acceptors (Lipinski definition) is 2. The number of nitrogens with one attached hydrogen (secondary N) is 2. The van der Waals surface area contributed by atoms with Gasteiger partial charge in [0.25, 0.3) is 0 Å². The summed E-state index contributed by atoms with van der Waals surface area (Å²) in [5.74, 6) is 1.74. The van der Waals surface area contributed by atoms with E-state index in [0.29, 0.717) is 12.0 Å². The Bertz CT molecular complexity index is 364. The fourth-order valence-corrected chi connectivity index (χ4v) is 2.20. The van der Waals surface area contributed by atoms with Gasteiger partial charge in [0.15, 0.2) is 5.96 Å². The van der Waals surface area contributed by atoms with Gasteiger partial charge in [0.2, 0.25) is 0 Å². The first-order valence-corrected chi connectivity index (χ1v) is 7.16. The van der Waals surface area contributed by atoms with E-state index >= 15 is 0 Å². The summed E-state index contributed by atoms with van der Waals surface area (Å²) < 4.78 is 5.29. The lowest BCUT2D eigenvalue weighted by atomic mass is 9.80. The SMILES string of the molecule is CCC(CC)(CC)CNC(=NC)NCc1ccco1.I. The van der Waals surface area contributed by atoms with Crippen molar-refractivity contribution in [3.05, 3.63) is 24.2 Å². The van der Waals surface area contributed by atoms with Crippen LogP contribution >= 0.6 is 24.0 Å². The lowest BCUT2D eigenvalue weighted by Gasteiger charge is -2.31. The Balaban J connectivity index is 0.00000361. The number of aliphatic imine (C=N–C) groups is 1. The van der Waals surface area contributed by atoms with Gasteiger partial charge in [-0.3, -0.25) is 4.99 Å². The van der Waals surface area contributed by atoms with Crippen LogP contribution in [0, 0.1) is 5.41 Å². The maximum Gasteiger partial charge on any atom is 0.191 e. The number of guanidine groups is 1. The first-order chi connectivity index (χ1) is 9.19. The van der Waals surface area contributed by atoms with Crippen molar-refractivity contribution in [2.75, 3.05) is 13.6 Å². The Morgan fingerprint density at radius 2 is 1.85 bits per heavy atom. The minimum atomic E-state index is 0. The number of hydrogen-bond donors (Lipinski definition) is 2. The number of furan rings is 1. The van der Waals surface area contributed by atoms with Gasteiger partial charge in [-0.05, 0) is 36.8 Å². The summed E-state index contributed by atoms with van der Waals surface area (Å²) >= 11 is 0. The maximum absolute atomic E-state index is 5.29. The highest BCUT2D eigenvalue weighted by Crippen LogP contribution is 2.29. The summed E-state index contributed by atoms with van der Waals surface area (Å²) in [5.41, 5.74) is 0.363. The molecule has 0 amide bonds. The first kappa shape index (κ1) is 19.3. The van der Waals surface area contributed by atoms with Gasteiger partial charge >= 0.3 is 0 Å². The van der Waals surface area contributed by atoms with Gasteiger partial charge < -0.3 is 15.1 Å². The van der Waals surface area contributed by atoms with Crippen LogP contribution in [-0.2, 0) is 6.54 Å². The number of nitrogens with zero attached hydrogens (tertiary/aromatic N) is 1. The highest BCUT2D eigenvalue weighted by Gasteiger charge is 2.23. The molecule has 0 saturated heterocycles. The minimum Gasteiger partial charge on any atom is -0.467 e. The van der Waals surface area contributed by atoms with E-state index in [4.69, 9.17) is 4.42 Å². The van der Waals surface area contributed by atoms with Crippen molar-refractivity contribution in [1.82, 2.24) is 10.6 Å². The molecule has 116 valence electrons. The van der Waals surface area contributed by atoms with E-state index in [1.807, 2.05) is 12.1 Å². The third kappa shape index (κ3) is 5.73. The van der Waals surface area contributed by atoms with E-state index in [2.05, 4.69) is 36.4 Å². The van der Waals surface area contributed by atoms with Gasteiger partial charge in [-0.1, -0.05) is 20.8 Å². The summed E-state index contributed by atoms with van der Waals surface area (Å²) in [7, 11) is 1.79. The van der Waals surface area contributed by atoms with E-state index in [1.165, 1.54) is 19.3 Å². The van der Waals surface area contributed by atoms with Crippen molar-refractivity contribution >= 4 is 29.9 Å². The van der Waals surface area contributed by atoms with Crippen molar-refractivity contribution in [3.63, 3.8) is 0 Å². The van der Waals surface area contributed by atoms with Crippen LogP contribution in [0.2, 0.25) is 0 Å². The molecule has 0 bridgehead atoms. The van der Waals surface area contributed by atoms with E-state index in [1.54, 1.807) is 13.3 Å². The predicted octanol–water partition coefficient (Wildman–Crippen LogP) is 3.78. The van der Waals surface area contributed by atoms with Gasteiger partial charge in [0.05, 0.1) is 12.8 Å². The Labute approximate surface area is 139 Å². The molecule has 0 fully saturated rings. The summed E-state index contributed by atoms with van der Waals surface area (Å²) in [5, 5.41) is 6.68. The van der Waals surface area contributed by atoms with Crippen LogP contribution in [0.4, 0.5) is 0 Å². The van der Waals surface area contributed by atoms with E-state index < -0.39 is 0 Å². The van der Waals surface area contributed by atoms with Gasteiger partial charge in [0, 0.05) is 13.6 Å². The molecule has 0 atom stereocenters. The molecule has 1 heterocycles. The molecule has 1 rings (SSSR count). The number of halogens is 1. The van der Waals surface area contributed by atoms with Crippen LogP contribution in [0.1, 0.15) is 45.8 Å². The van der Waals surface area contributed by atoms with E-state index in [-0.39, 0.29) is 24.0 Å². The van der Waals surface area contributed by atoms with Crippen LogP contribution in [0.15, 0.2) is 27.8 Å². The van der Waals surface area contributed by atoms with Crippen molar-refractivity contribution in [2.24, 2.45) is 10.4 Å². The zero-order valence-corrected chi connectivity index (χ0v) is 15.4. The molecule has 1 aromatic rings. The highest BCUT2D eigenvalue weighted by molar-refractivity contribution is 14.0. The lowest BCUT2D eigenvalue weighted by molar-refractivity contribution is 0.250. The molecular formula is C15H28IN3O. The summed E-state index contributed by atoms with van der Waals surface area (Å²) in [4.78, 5) is 4.25. The third-order valence-electron chi connectivity index (χ3n) is 4.11. The minimum absolute atomic E-state index is 0. The normalized spacial score (nSPS) is 11.9. The first-order valence-electron chi connectivity index (χ1n) is 7.16. The van der Waals surface area contributed by atoms with Crippen molar-refractivity contribution < 1.29 is 4.42 Å². The molecule has 0 aliphatic rings. The molecule has 20 heavy (non-hydrogen) atoms. The van der Waals surface area contributed by atoms with E-state index in [0.717, 1.165) is 18.3 Å². The van der Waals surface area contributed by atoms with Crippen LogP contribution in [0.3, 0.4) is 0 Å². The van der Waals surface area contributed by atoms with Gasteiger partial charge in [-0.2, -0.15) is 0 Å². The largest absolute Gasteiger partial charge is 0.467 e. The van der Waals surface area contributed by atoms with Crippen LogP contribution in [0.5, 0.6) is 0 Å². The second kappa shape index (κ2) is 10.1. The van der Waals surface area contributed by atoms with Crippen molar-refractivity contribution in [1.29, 1.82) is 0 Å². The second-order valence-corrected chi connectivity index (χ2v) is 4.92. The predicted molar refractivity (Wildman–Crippen MR) is 95.6 cm³/mol. The summed E-state index contributed by atoms with van der Waals surface area (Å²) in [6.45, 7) is 8.38. The standard InChI is InChI=1S/C15H27N3O.HI/c1-5-15(6-2,7-3)12-18-14(16-4)17-11-13-9-8-10-19-13;/h8-10H,5-7,11-12H2,1-4H3,(H2,16,17,18);1H. The second-order valence-electron chi connectivity index (χ2n) is 4.92. The zero-order chi connectivity index (χ0) is 14.1. The van der Waals surface area contributed by atoms with Gasteiger partial charge in [-0.15, -0.1) is 24.0 Å². The molecule has 2 N–H and O–H groups in total. The Hall–Kier alpha value is -0.720.